The lowest BCUT2D eigenvalue weighted by Gasteiger charge is -2.22. The number of aromatic nitrogens is 2. The summed E-state index contributed by atoms with van der Waals surface area (Å²) >= 11 is 0. The normalized spacial score (nSPS) is 12.0. The first-order chi connectivity index (χ1) is 9.83. The number of anilines is 1. The van der Waals surface area contributed by atoms with Gasteiger partial charge in [-0.2, -0.15) is 5.10 Å². The topological polar surface area (TPSA) is 90.5 Å². The number of nitro groups is 1. The Bertz CT molecular complexity index is 526. The summed E-state index contributed by atoms with van der Waals surface area (Å²) in [6.45, 7) is 6.22. The molecule has 0 aliphatic carbocycles. The van der Waals surface area contributed by atoms with E-state index in [1.54, 1.807) is 30.5 Å². The van der Waals surface area contributed by atoms with E-state index in [1.807, 2.05) is 6.92 Å². The summed E-state index contributed by atoms with van der Waals surface area (Å²) in [5.74, 6) is -0.303. The molecule has 0 aliphatic heterocycles. The highest BCUT2D eigenvalue weighted by atomic mass is 16.6. The molecule has 0 aromatic carbocycles. The third-order valence-corrected chi connectivity index (χ3v) is 3.20. The zero-order chi connectivity index (χ0) is 16.2. The summed E-state index contributed by atoms with van der Waals surface area (Å²) in [5, 5.41) is 15.5. The number of carbonyl (C=O) groups is 1. The van der Waals surface area contributed by atoms with Gasteiger partial charge < -0.3 is 9.64 Å². The number of aryl methyl sites for hydroxylation is 2. The van der Waals surface area contributed by atoms with E-state index in [0.29, 0.717) is 24.6 Å². The van der Waals surface area contributed by atoms with Crippen LogP contribution in [0.1, 0.15) is 26.0 Å². The molecule has 1 unspecified atom stereocenters. The number of nitrogens with zero attached hydrogens (tertiary/aromatic N) is 4. The van der Waals surface area contributed by atoms with Crippen molar-refractivity contribution in [3.63, 3.8) is 0 Å². The molecular weight excluding hydrogens is 276 g/mol. The van der Waals surface area contributed by atoms with Gasteiger partial charge in [0, 0.05) is 20.1 Å². The van der Waals surface area contributed by atoms with Crippen LogP contribution in [0, 0.1) is 23.0 Å². The van der Waals surface area contributed by atoms with Gasteiger partial charge in [-0.15, -0.1) is 0 Å². The van der Waals surface area contributed by atoms with Crippen molar-refractivity contribution in [3.8, 4) is 0 Å². The molecule has 0 saturated carbocycles. The van der Waals surface area contributed by atoms with Gasteiger partial charge in [-0.1, -0.05) is 13.8 Å². The van der Waals surface area contributed by atoms with E-state index in [0.717, 1.165) is 6.42 Å². The Labute approximate surface area is 123 Å². The van der Waals surface area contributed by atoms with E-state index in [2.05, 4.69) is 9.84 Å². The van der Waals surface area contributed by atoms with E-state index in [1.165, 1.54) is 7.11 Å². The van der Waals surface area contributed by atoms with Crippen LogP contribution in [0.4, 0.5) is 11.5 Å². The van der Waals surface area contributed by atoms with E-state index < -0.39 is 4.92 Å². The second kappa shape index (κ2) is 7.05. The fourth-order valence-corrected chi connectivity index (χ4v) is 2.29. The summed E-state index contributed by atoms with van der Waals surface area (Å²) in [6, 6.07) is 0. The summed E-state index contributed by atoms with van der Waals surface area (Å²) in [5.41, 5.74) is 0.365. The summed E-state index contributed by atoms with van der Waals surface area (Å²) < 4.78 is 6.31. The molecule has 0 fully saturated rings. The van der Waals surface area contributed by atoms with Crippen LogP contribution >= 0.6 is 0 Å². The average molecular weight is 298 g/mol. The molecular formula is C13H22N4O4. The monoisotopic (exact) mass is 298 g/mol. The molecule has 0 spiro atoms. The van der Waals surface area contributed by atoms with E-state index in [-0.39, 0.29) is 17.6 Å². The summed E-state index contributed by atoms with van der Waals surface area (Å²) in [4.78, 5) is 24.0. The van der Waals surface area contributed by atoms with Gasteiger partial charge in [-0.05, 0) is 13.3 Å². The van der Waals surface area contributed by atoms with Crippen LogP contribution in [0.15, 0.2) is 0 Å². The Balaban J connectivity index is 3.14. The van der Waals surface area contributed by atoms with Crippen molar-refractivity contribution in [2.45, 2.75) is 33.7 Å². The lowest BCUT2D eigenvalue weighted by Crippen LogP contribution is -2.31. The molecule has 0 aliphatic rings. The quantitative estimate of drug-likeness (QED) is 0.433. The van der Waals surface area contributed by atoms with Crippen LogP contribution in [-0.2, 0) is 16.1 Å². The fraction of sp³-hybridized carbons (Fsp3) is 0.692. The minimum atomic E-state index is -0.427. The molecule has 0 N–H and O–H groups in total. The average Bonchev–Trinajstić information content (AvgIpc) is 2.74. The summed E-state index contributed by atoms with van der Waals surface area (Å²) in [6.07, 6.45) is 0.811. The minimum Gasteiger partial charge on any atom is -0.469 e. The second-order valence-electron chi connectivity index (χ2n) is 5.04. The lowest BCUT2D eigenvalue weighted by molar-refractivity contribution is -0.384. The Morgan fingerprint density at radius 2 is 2.19 bits per heavy atom. The number of hydrogen-bond donors (Lipinski definition) is 0. The number of methoxy groups -OCH3 is 1. The first-order valence-electron chi connectivity index (χ1n) is 6.84. The number of hydrogen-bond acceptors (Lipinski definition) is 6. The molecule has 0 radical (unpaired) electrons. The fourth-order valence-electron chi connectivity index (χ4n) is 2.29. The van der Waals surface area contributed by atoms with Gasteiger partial charge in [0.25, 0.3) is 0 Å². The van der Waals surface area contributed by atoms with Crippen LogP contribution in [-0.4, -0.2) is 41.4 Å². The predicted molar refractivity (Wildman–Crippen MR) is 78.4 cm³/mol. The number of carbonyl (C=O) groups excluding carboxylic acids is 1. The standard InChI is InChI=1S/C13H22N4O4/c1-6-7-16-12(11(17(19)20)10(3)14-16)15(4)8-9(2)13(18)21-5/h9H,6-8H2,1-5H3. The van der Waals surface area contributed by atoms with Gasteiger partial charge in [0.1, 0.15) is 5.69 Å². The molecule has 1 rings (SSSR count). The smallest absolute Gasteiger partial charge is 0.333 e. The van der Waals surface area contributed by atoms with Gasteiger partial charge in [0.15, 0.2) is 0 Å². The Kier molecular flexibility index (Phi) is 5.69. The van der Waals surface area contributed by atoms with Crippen molar-refractivity contribution in [2.24, 2.45) is 5.92 Å². The van der Waals surface area contributed by atoms with Crippen molar-refractivity contribution in [1.82, 2.24) is 9.78 Å². The predicted octanol–water partition coefficient (Wildman–Crippen LogP) is 1.76. The molecule has 21 heavy (non-hydrogen) atoms. The van der Waals surface area contributed by atoms with Crippen LogP contribution in [0.2, 0.25) is 0 Å². The van der Waals surface area contributed by atoms with Gasteiger partial charge in [-0.25, -0.2) is 4.68 Å². The maximum absolute atomic E-state index is 11.5. The third kappa shape index (κ3) is 3.71. The van der Waals surface area contributed by atoms with Crippen LogP contribution < -0.4 is 4.90 Å². The second-order valence-corrected chi connectivity index (χ2v) is 5.04. The molecule has 8 heteroatoms. The molecule has 1 atom stereocenters. The number of ether oxygens (including phenoxy) is 1. The number of rotatable bonds is 7. The van der Waals surface area contributed by atoms with Crippen molar-refractivity contribution in [3.05, 3.63) is 15.8 Å². The van der Waals surface area contributed by atoms with Crippen molar-refractivity contribution >= 4 is 17.5 Å². The van der Waals surface area contributed by atoms with Crippen molar-refractivity contribution in [2.75, 3.05) is 25.6 Å². The van der Waals surface area contributed by atoms with E-state index in [9.17, 15) is 14.9 Å². The third-order valence-electron chi connectivity index (χ3n) is 3.20. The molecule has 118 valence electrons. The Hall–Kier alpha value is -2.12. The molecule has 0 bridgehead atoms. The molecule has 1 aromatic heterocycles. The highest BCUT2D eigenvalue weighted by Crippen LogP contribution is 2.31. The minimum absolute atomic E-state index is 0.0111. The van der Waals surface area contributed by atoms with Gasteiger partial charge in [0.2, 0.25) is 5.82 Å². The maximum Gasteiger partial charge on any atom is 0.333 e. The van der Waals surface area contributed by atoms with Gasteiger partial charge >= 0.3 is 11.7 Å². The largest absolute Gasteiger partial charge is 0.469 e. The molecule has 1 heterocycles. The molecule has 1 aromatic rings. The van der Waals surface area contributed by atoms with Crippen LogP contribution in [0.3, 0.4) is 0 Å². The summed E-state index contributed by atoms with van der Waals surface area (Å²) in [7, 11) is 3.04. The van der Waals surface area contributed by atoms with Gasteiger partial charge in [-0.3, -0.25) is 14.9 Å². The first kappa shape index (κ1) is 16.9. The van der Waals surface area contributed by atoms with E-state index >= 15 is 0 Å². The highest BCUT2D eigenvalue weighted by Gasteiger charge is 2.29. The highest BCUT2D eigenvalue weighted by molar-refractivity contribution is 5.73. The zero-order valence-electron chi connectivity index (χ0n) is 13.1. The number of esters is 1. The SMILES string of the molecule is CCCn1nc(C)c([N+](=O)[O-])c1N(C)CC(C)C(=O)OC. The molecule has 0 saturated heterocycles. The lowest BCUT2D eigenvalue weighted by atomic mass is 10.1. The van der Waals surface area contributed by atoms with Gasteiger partial charge in [0.05, 0.1) is 18.0 Å². The maximum atomic E-state index is 11.5. The zero-order valence-corrected chi connectivity index (χ0v) is 13.1. The van der Waals surface area contributed by atoms with Crippen molar-refractivity contribution in [1.29, 1.82) is 0 Å². The van der Waals surface area contributed by atoms with Crippen molar-refractivity contribution < 1.29 is 14.5 Å². The van der Waals surface area contributed by atoms with Crippen LogP contribution in [0.25, 0.3) is 0 Å². The molecule has 0 amide bonds. The molecule has 8 nitrogen and oxygen atoms in total. The Morgan fingerprint density at radius 3 is 2.67 bits per heavy atom. The first-order valence-corrected chi connectivity index (χ1v) is 6.84. The Morgan fingerprint density at radius 1 is 1.57 bits per heavy atom. The van der Waals surface area contributed by atoms with Crippen LogP contribution in [0.5, 0.6) is 0 Å². The van der Waals surface area contributed by atoms with E-state index in [4.69, 9.17) is 0 Å².